The summed E-state index contributed by atoms with van der Waals surface area (Å²) in [6.07, 6.45) is 1.39. The molecule has 0 saturated heterocycles. The van der Waals surface area contributed by atoms with E-state index in [1.165, 1.54) is 27.3 Å². The van der Waals surface area contributed by atoms with Crippen LogP contribution in [0.5, 0.6) is 0 Å². The van der Waals surface area contributed by atoms with Crippen LogP contribution in [0.15, 0.2) is 34.0 Å². The average molecular weight is 531 g/mol. The fourth-order valence-electron chi connectivity index (χ4n) is 2.27. The van der Waals surface area contributed by atoms with Gasteiger partial charge in [-0.1, -0.05) is 58.1 Å². The van der Waals surface area contributed by atoms with E-state index in [0.29, 0.717) is 36.1 Å². The SMILES string of the molecule is Nn1cnn2c(SCC(=O)Nc3nnc(SCC(=O)Nc4ccc(Cl)c(Cl)c4)s3)nnc12. The summed E-state index contributed by atoms with van der Waals surface area (Å²) in [4.78, 5) is 24.3. The molecule has 4 rings (SSSR count). The molecule has 32 heavy (non-hydrogen) atoms. The Morgan fingerprint density at radius 3 is 2.62 bits per heavy atom. The molecule has 0 radical (unpaired) electrons. The lowest BCUT2D eigenvalue weighted by Crippen LogP contribution is -2.14. The number of fused-ring (bicyclic) bond motifs is 1. The number of benzene rings is 1. The molecule has 17 heteroatoms. The van der Waals surface area contributed by atoms with Crippen LogP contribution in [0.1, 0.15) is 0 Å². The lowest BCUT2D eigenvalue weighted by molar-refractivity contribution is -0.114. The van der Waals surface area contributed by atoms with Crippen molar-refractivity contribution in [3.8, 4) is 0 Å². The fraction of sp³-hybridized carbons (Fsp3) is 0.133. The third kappa shape index (κ3) is 5.42. The standard InChI is InChI=1S/C15H12Cl2N10O2S3/c16-8-2-1-7(3-9(8)17)20-10(28)5-31-15-25-22-12(32-15)21-11(29)4-30-14-24-23-13-26(18)6-19-27(13)14/h1-3,6H,4-5,18H2,(H,20,28)(H,21,22,29). The van der Waals surface area contributed by atoms with Gasteiger partial charge in [-0.2, -0.15) is 9.61 Å². The monoisotopic (exact) mass is 530 g/mol. The van der Waals surface area contributed by atoms with Gasteiger partial charge in [0.25, 0.3) is 5.78 Å². The molecule has 0 aliphatic rings. The number of nitrogens with two attached hydrogens (primary N) is 1. The molecule has 0 spiro atoms. The summed E-state index contributed by atoms with van der Waals surface area (Å²) in [6, 6.07) is 4.82. The summed E-state index contributed by atoms with van der Waals surface area (Å²) in [5.74, 6) is 5.62. The minimum absolute atomic E-state index is 0.0618. The van der Waals surface area contributed by atoms with Crippen molar-refractivity contribution in [2.75, 3.05) is 28.0 Å². The molecule has 0 unspecified atom stereocenters. The predicted octanol–water partition coefficient (Wildman–Crippen LogP) is 2.26. The number of nitrogen functional groups attached to an aromatic ring is 1. The van der Waals surface area contributed by atoms with Gasteiger partial charge in [-0.3, -0.25) is 14.9 Å². The molecule has 4 aromatic rings. The summed E-state index contributed by atoms with van der Waals surface area (Å²) in [6.45, 7) is 0. The Bertz CT molecular complexity index is 1290. The molecule has 0 aliphatic carbocycles. The van der Waals surface area contributed by atoms with Crippen molar-refractivity contribution in [2.24, 2.45) is 0 Å². The normalized spacial score (nSPS) is 11.1. The third-order valence-electron chi connectivity index (χ3n) is 3.63. The zero-order valence-corrected chi connectivity index (χ0v) is 19.7. The third-order valence-corrected chi connectivity index (χ3v) is 7.26. The number of hydrogen-bond acceptors (Lipinski definition) is 11. The number of carbonyl (C=O) groups is 2. The number of nitrogens with one attached hydrogen (secondary N) is 2. The van der Waals surface area contributed by atoms with Crippen molar-refractivity contribution in [3.63, 3.8) is 0 Å². The van der Waals surface area contributed by atoms with E-state index < -0.39 is 0 Å². The molecule has 2 amide bonds. The highest BCUT2D eigenvalue weighted by molar-refractivity contribution is 8.01. The fourth-order valence-corrected chi connectivity index (χ4v) is 4.82. The first-order valence-electron chi connectivity index (χ1n) is 8.57. The van der Waals surface area contributed by atoms with E-state index in [0.717, 1.165) is 23.1 Å². The molecule has 166 valence electrons. The van der Waals surface area contributed by atoms with Gasteiger partial charge in [0, 0.05) is 5.69 Å². The topological polar surface area (TPSA) is 158 Å². The zero-order chi connectivity index (χ0) is 22.7. The van der Waals surface area contributed by atoms with Gasteiger partial charge in [0.2, 0.25) is 22.1 Å². The second-order valence-electron chi connectivity index (χ2n) is 5.91. The molecule has 0 saturated carbocycles. The maximum absolute atomic E-state index is 12.2. The Labute approximate surface area is 202 Å². The van der Waals surface area contributed by atoms with Crippen molar-refractivity contribution >= 4 is 86.5 Å². The Morgan fingerprint density at radius 1 is 1.03 bits per heavy atom. The van der Waals surface area contributed by atoms with Gasteiger partial charge in [-0.25, -0.2) is 4.68 Å². The van der Waals surface area contributed by atoms with Crippen LogP contribution in [-0.2, 0) is 9.59 Å². The number of carbonyl (C=O) groups excluding carboxylic acids is 2. The van der Waals surface area contributed by atoms with Gasteiger partial charge in [0.15, 0.2) is 4.34 Å². The summed E-state index contributed by atoms with van der Waals surface area (Å²) in [7, 11) is 0. The van der Waals surface area contributed by atoms with Crippen molar-refractivity contribution in [3.05, 3.63) is 34.6 Å². The number of amides is 2. The highest BCUT2D eigenvalue weighted by Crippen LogP contribution is 2.27. The number of rotatable bonds is 8. The highest BCUT2D eigenvalue weighted by atomic mass is 35.5. The van der Waals surface area contributed by atoms with Gasteiger partial charge < -0.3 is 11.2 Å². The Kier molecular flexibility index (Phi) is 7.00. The van der Waals surface area contributed by atoms with Gasteiger partial charge in [-0.15, -0.1) is 20.4 Å². The van der Waals surface area contributed by atoms with E-state index in [9.17, 15) is 9.59 Å². The van der Waals surface area contributed by atoms with E-state index in [1.807, 2.05) is 0 Å². The quantitative estimate of drug-likeness (QED) is 0.175. The van der Waals surface area contributed by atoms with Crippen LogP contribution in [0, 0.1) is 0 Å². The van der Waals surface area contributed by atoms with Gasteiger partial charge in [0.1, 0.15) is 6.33 Å². The molecule has 0 fully saturated rings. The van der Waals surface area contributed by atoms with Crippen molar-refractivity contribution in [1.29, 1.82) is 0 Å². The van der Waals surface area contributed by atoms with Crippen LogP contribution in [0.25, 0.3) is 5.78 Å². The van der Waals surface area contributed by atoms with Crippen LogP contribution >= 0.6 is 58.1 Å². The van der Waals surface area contributed by atoms with E-state index in [1.54, 1.807) is 18.2 Å². The molecule has 0 atom stereocenters. The molecule has 0 aliphatic heterocycles. The predicted molar refractivity (Wildman–Crippen MR) is 124 cm³/mol. The number of anilines is 2. The van der Waals surface area contributed by atoms with E-state index in [4.69, 9.17) is 29.0 Å². The second-order valence-corrected chi connectivity index (χ2v) is 9.87. The van der Waals surface area contributed by atoms with Crippen LogP contribution < -0.4 is 16.5 Å². The molecule has 12 nitrogen and oxygen atoms in total. The molecule has 3 aromatic heterocycles. The van der Waals surface area contributed by atoms with Gasteiger partial charge in [-0.05, 0) is 18.2 Å². The molecule has 1 aromatic carbocycles. The molecule has 4 N–H and O–H groups in total. The maximum Gasteiger partial charge on any atom is 0.273 e. The highest BCUT2D eigenvalue weighted by Gasteiger charge is 2.15. The molecular formula is C15H12Cl2N10O2S3. The first-order chi connectivity index (χ1) is 15.4. The van der Waals surface area contributed by atoms with Crippen LogP contribution in [0.2, 0.25) is 10.0 Å². The summed E-state index contributed by atoms with van der Waals surface area (Å²) >= 11 is 15.3. The van der Waals surface area contributed by atoms with Crippen LogP contribution in [-0.4, -0.2) is 58.0 Å². The van der Waals surface area contributed by atoms with Gasteiger partial charge >= 0.3 is 0 Å². The largest absolute Gasteiger partial charge is 0.335 e. The van der Waals surface area contributed by atoms with Crippen LogP contribution in [0.4, 0.5) is 10.8 Å². The molecule has 3 heterocycles. The zero-order valence-electron chi connectivity index (χ0n) is 15.7. The lowest BCUT2D eigenvalue weighted by atomic mass is 10.3. The first kappa shape index (κ1) is 22.6. The maximum atomic E-state index is 12.2. The smallest absolute Gasteiger partial charge is 0.273 e. The van der Waals surface area contributed by atoms with Crippen molar-refractivity contribution in [1.82, 2.24) is 34.7 Å². The Hall–Kier alpha value is -2.59. The number of halogens is 2. The van der Waals surface area contributed by atoms with E-state index in [2.05, 4.69) is 36.1 Å². The molecular weight excluding hydrogens is 519 g/mol. The number of hydrogen-bond donors (Lipinski definition) is 3. The summed E-state index contributed by atoms with van der Waals surface area (Å²) in [5, 5.41) is 26.6. The second kappa shape index (κ2) is 9.91. The number of aromatic nitrogens is 7. The van der Waals surface area contributed by atoms with Crippen molar-refractivity contribution in [2.45, 2.75) is 9.50 Å². The van der Waals surface area contributed by atoms with Crippen molar-refractivity contribution < 1.29 is 9.59 Å². The van der Waals surface area contributed by atoms with Crippen LogP contribution in [0.3, 0.4) is 0 Å². The summed E-state index contributed by atoms with van der Waals surface area (Å²) < 4.78 is 3.19. The average Bonchev–Trinajstić information content (AvgIpc) is 3.46. The lowest BCUT2D eigenvalue weighted by Gasteiger charge is -2.05. The Balaban J connectivity index is 1.23. The molecule has 0 bridgehead atoms. The van der Waals surface area contributed by atoms with Gasteiger partial charge in [0.05, 0.1) is 21.6 Å². The Morgan fingerprint density at radius 2 is 1.81 bits per heavy atom. The first-order valence-corrected chi connectivity index (χ1v) is 12.1. The minimum Gasteiger partial charge on any atom is -0.335 e. The van der Waals surface area contributed by atoms with E-state index >= 15 is 0 Å². The van der Waals surface area contributed by atoms with E-state index in [-0.39, 0.29) is 23.3 Å². The number of thioether (sulfide) groups is 2. The number of nitrogens with zero attached hydrogens (tertiary/aromatic N) is 7. The summed E-state index contributed by atoms with van der Waals surface area (Å²) in [5.41, 5.74) is 0.538. The minimum atomic E-state index is -0.302.